The van der Waals surface area contributed by atoms with Gasteiger partial charge in [-0.15, -0.1) is 0 Å². The van der Waals surface area contributed by atoms with Crippen molar-refractivity contribution in [2.24, 2.45) is 0 Å². The average Bonchev–Trinajstić information content (AvgIpc) is 2.34. The molecule has 0 aliphatic carbocycles. The van der Waals surface area contributed by atoms with Gasteiger partial charge in [0.25, 0.3) is 0 Å². The number of rotatable bonds is 7. The van der Waals surface area contributed by atoms with Crippen LogP contribution >= 0.6 is 27.5 Å². The SMILES string of the molecule is COC(CNc1cc(Cl)cc(Br)c1OC(F)F)OC. The Morgan fingerprint density at radius 3 is 2.47 bits per heavy atom. The lowest BCUT2D eigenvalue weighted by Crippen LogP contribution is -2.24. The molecule has 0 aliphatic heterocycles. The number of hydrogen-bond acceptors (Lipinski definition) is 4. The molecule has 4 nitrogen and oxygen atoms in total. The van der Waals surface area contributed by atoms with Gasteiger partial charge in [0.2, 0.25) is 0 Å². The third kappa shape index (κ3) is 5.10. The van der Waals surface area contributed by atoms with E-state index in [1.165, 1.54) is 26.4 Å². The maximum absolute atomic E-state index is 12.4. The molecule has 0 aromatic heterocycles. The normalized spacial score (nSPS) is 11.2. The van der Waals surface area contributed by atoms with Crippen molar-refractivity contribution in [1.82, 2.24) is 0 Å². The Morgan fingerprint density at radius 2 is 1.95 bits per heavy atom. The summed E-state index contributed by atoms with van der Waals surface area (Å²) in [7, 11) is 2.95. The van der Waals surface area contributed by atoms with Crippen LogP contribution in [0.1, 0.15) is 0 Å². The first-order valence-electron chi connectivity index (χ1n) is 5.21. The lowest BCUT2D eigenvalue weighted by Gasteiger charge is -2.18. The minimum absolute atomic E-state index is 0.0228. The summed E-state index contributed by atoms with van der Waals surface area (Å²) in [5.74, 6) is -0.0228. The van der Waals surface area contributed by atoms with Crippen LogP contribution in [-0.4, -0.2) is 33.7 Å². The smallest absolute Gasteiger partial charge is 0.387 e. The average molecular weight is 361 g/mol. The molecule has 8 heteroatoms. The lowest BCUT2D eigenvalue weighted by atomic mass is 10.3. The molecule has 19 heavy (non-hydrogen) atoms. The number of anilines is 1. The molecule has 0 aliphatic rings. The van der Waals surface area contributed by atoms with E-state index >= 15 is 0 Å². The summed E-state index contributed by atoms with van der Waals surface area (Å²) in [4.78, 5) is 0. The van der Waals surface area contributed by atoms with Gasteiger partial charge in [0.1, 0.15) is 0 Å². The Labute approximate surface area is 123 Å². The van der Waals surface area contributed by atoms with E-state index < -0.39 is 12.9 Å². The number of alkyl halides is 2. The zero-order valence-corrected chi connectivity index (χ0v) is 12.6. The third-order valence-electron chi connectivity index (χ3n) is 2.20. The molecule has 0 atom stereocenters. The second kappa shape index (κ2) is 7.84. The summed E-state index contributed by atoms with van der Waals surface area (Å²) in [5, 5.41) is 3.26. The Hall–Kier alpha value is -0.630. The molecule has 0 spiro atoms. The van der Waals surface area contributed by atoms with E-state index in [4.69, 9.17) is 21.1 Å². The minimum Gasteiger partial charge on any atom is -0.431 e. The molecule has 0 heterocycles. The van der Waals surface area contributed by atoms with Gasteiger partial charge >= 0.3 is 6.61 Å². The third-order valence-corrected chi connectivity index (χ3v) is 3.01. The Balaban J connectivity index is 2.90. The maximum Gasteiger partial charge on any atom is 0.387 e. The van der Waals surface area contributed by atoms with Crippen molar-refractivity contribution in [2.75, 3.05) is 26.1 Å². The second-order valence-electron chi connectivity index (χ2n) is 3.42. The zero-order chi connectivity index (χ0) is 14.4. The van der Waals surface area contributed by atoms with Crippen LogP contribution in [-0.2, 0) is 9.47 Å². The Morgan fingerprint density at radius 1 is 1.32 bits per heavy atom. The van der Waals surface area contributed by atoms with Crippen molar-refractivity contribution >= 4 is 33.2 Å². The standard InChI is InChI=1S/C11H13BrClF2NO3/c1-17-9(18-2)5-16-8-4-6(13)3-7(12)10(8)19-11(14)15/h3-4,9,11,16H,5H2,1-2H3. The van der Waals surface area contributed by atoms with E-state index in [0.717, 1.165) is 0 Å². The number of halogens is 4. The van der Waals surface area contributed by atoms with E-state index in [1.807, 2.05) is 0 Å². The molecule has 0 fully saturated rings. The minimum atomic E-state index is -2.93. The molecule has 108 valence electrons. The first-order chi connectivity index (χ1) is 8.97. The highest BCUT2D eigenvalue weighted by atomic mass is 79.9. The molecule has 1 aromatic carbocycles. The van der Waals surface area contributed by atoms with Gasteiger partial charge in [-0.1, -0.05) is 11.6 Å². The topological polar surface area (TPSA) is 39.7 Å². The summed E-state index contributed by atoms with van der Waals surface area (Å²) in [6.07, 6.45) is -0.517. The zero-order valence-electron chi connectivity index (χ0n) is 10.3. The molecular formula is C11H13BrClF2NO3. The number of nitrogens with one attached hydrogen (secondary N) is 1. The van der Waals surface area contributed by atoms with E-state index in [-0.39, 0.29) is 12.3 Å². The highest BCUT2D eigenvalue weighted by molar-refractivity contribution is 9.10. The van der Waals surface area contributed by atoms with Gasteiger partial charge in [0.15, 0.2) is 12.0 Å². The molecule has 0 amide bonds. The molecule has 0 saturated carbocycles. The van der Waals surface area contributed by atoms with Crippen LogP contribution in [0.4, 0.5) is 14.5 Å². The van der Waals surface area contributed by atoms with Gasteiger partial charge in [-0.05, 0) is 28.1 Å². The van der Waals surface area contributed by atoms with Crippen molar-refractivity contribution < 1.29 is 23.0 Å². The van der Waals surface area contributed by atoms with Crippen molar-refractivity contribution in [2.45, 2.75) is 12.9 Å². The number of ether oxygens (including phenoxy) is 3. The van der Waals surface area contributed by atoms with E-state index in [0.29, 0.717) is 15.2 Å². The fraction of sp³-hybridized carbons (Fsp3) is 0.455. The predicted molar refractivity (Wildman–Crippen MR) is 72.1 cm³/mol. The van der Waals surface area contributed by atoms with Crippen LogP contribution in [0.25, 0.3) is 0 Å². The van der Waals surface area contributed by atoms with Gasteiger partial charge in [-0.3, -0.25) is 0 Å². The molecule has 1 rings (SSSR count). The number of methoxy groups -OCH3 is 2. The highest BCUT2D eigenvalue weighted by Gasteiger charge is 2.16. The number of benzene rings is 1. The van der Waals surface area contributed by atoms with E-state index in [1.54, 1.807) is 0 Å². The molecule has 0 radical (unpaired) electrons. The molecule has 0 unspecified atom stereocenters. The molecule has 1 aromatic rings. The number of hydrogen-bond donors (Lipinski definition) is 1. The monoisotopic (exact) mass is 359 g/mol. The maximum atomic E-state index is 12.4. The van der Waals surface area contributed by atoms with E-state index in [2.05, 4.69) is 26.0 Å². The summed E-state index contributed by atoms with van der Waals surface area (Å²) in [6, 6.07) is 2.95. The van der Waals surface area contributed by atoms with Crippen molar-refractivity contribution in [3.05, 3.63) is 21.6 Å². The highest BCUT2D eigenvalue weighted by Crippen LogP contribution is 2.37. The van der Waals surface area contributed by atoms with Crippen LogP contribution in [0, 0.1) is 0 Å². The predicted octanol–water partition coefficient (Wildman–Crippen LogP) is 3.73. The van der Waals surface area contributed by atoms with Crippen molar-refractivity contribution in [3.8, 4) is 5.75 Å². The molecular weight excluding hydrogens is 347 g/mol. The summed E-state index contributed by atoms with van der Waals surface area (Å²) in [6.45, 7) is -2.68. The Kier molecular flexibility index (Phi) is 6.78. The van der Waals surface area contributed by atoms with Crippen molar-refractivity contribution in [1.29, 1.82) is 0 Å². The molecule has 1 N–H and O–H groups in total. The second-order valence-corrected chi connectivity index (χ2v) is 4.72. The van der Waals surface area contributed by atoms with Gasteiger partial charge in [0.05, 0.1) is 16.7 Å². The largest absolute Gasteiger partial charge is 0.431 e. The van der Waals surface area contributed by atoms with Gasteiger partial charge in [-0.25, -0.2) is 0 Å². The van der Waals surface area contributed by atoms with Gasteiger partial charge in [0, 0.05) is 19.2 Å². The molecule has 0 saturated heterocycles. The van der Waals surface area contributed by atoms with Crippen LogP contribution < -0.4 is 10.1 Å². The molecule has 0 bridgehead atoms. The summed E-state index contributed by atoms with van der Waals surface area (Å²) >= 11 is 8.99. The Bertz CT molecular complexity index is 419. The first-order valence-corrected chi connectivity index (χ1v) is 6.38. The first kappa shape index (κ1) is 16.4. The van der Waals surface area contributed by atoms with Crippen LogP contribution in [0.5, 0.6) is 5.75 Å². The van der Waals surface area contributed by atoms with Crippen LogP contribution in [0.15, 0.2) is 16.6 Å². The fourth-order valence-electron chi connectivity index (χ4n) is 1.36. The van der Waals surface area contributed by atoms with Crippen LogP contribution in [0.2, 0.25) is 5.02 Å². The fourth-order valence-corrected chi connectivity index (χ4v) is 2.26. The van der Waals surface area contributed by atoms with E-state index in [9.17, 15) is 8.78 Å². The quantitative estimate of drug-likeness (QED) is 0.752. The van der Waals surface area contributed by atoms with Crippen LogP contribution in [0.3, 0.4) is 0 Å². The lowest BCUT2D eigenvalue weighted by molar-refractivity contribution is -0.0914. The summed E-state index contributed by atoms with van der Waals surface area (Å²) in [5.41, 5.74) is 0.318. The van der Waals surface area contributed by atoms with Gasteiger partial charge in [-0.2, -0.15) is 8.78 Å². The van der Waals surface area contributed by atoms with Gasteiger partial charge < -0.3 is 19.5 Å². The van der Waals surface area contributed by atoms with Crippen molar-refractivity contribution in [3.63, 3.8) is 0 Å². The summed E-state index contributed by atoms with van der Waals surface area (Å²) < 4.78 is 39.5.